The number of carboxylic acid groups (broad SMARTS) is 1. The molecule has 1 aromatic heterocycles. The number of nitrogens with zero attached hydrogens (tertiary/aromatic N) is 2. The fraction of sp³-hybridized carbons (Fsp3) is 0.462. The SMILES string of the molecule is CCC(C)[C@H](NC(=O)OC)C(=O)N[C@@H](Cc1ccc(-c2ccccn2)cc1)C[C@H](O)[C@H](Cc1ccccc1)NC(=O)[C@H](C(C)CC)N(C)C(=O)O. The van der Waals surface area contributed by atoms with Crippen molar-refractivity contribution >= 4 is 24.0 Å². The number of pyridine rings is 1. The number of aliphatic hydroxyl groups is 1. The van der Waals surface area contributed by atoms with Crippen molar-refractivity contribution in [2.75, 3.05) is 14.2 Å². The van der Waals surface area contributed by atoms with Crippen molar-refractivity contribution in [3.05, 3.63) is 90.1 Å². The van der Waals surface area contributed by atoms with Gasteiger partial charge >= 0.3 is 12.2 Å². The fourth-order valence-electron chi connectivity index (χ4n) is 6.04. The molecule has 12 heteroatoms. The van der Waals surface area contributed by atoms with Crippen LogP contribution in [0.15, 0.2) is 79.0 Å². The maximum absolute atomic E-state index is 13.8. The van der Waals surface area contributed by atoms with E-state index in [0.29, 0.717) is 19.3 Å². The number of methoxy groups -OCH3 is 1. The number of likely N-dealkylation sites (N-methyl/N-ethyl adjacent to an activating group) is 1. The molecule has 3 rings (SSSR count). The summed E-state index contributed by atoms with van der Waals surface area (Å²) in [7, 11) is 2.60. The minimum atomic E-state index is -1.23. The summed E-state index contributed by atoms with van der Waals surface area (Å²) < 4.78 is 4.78. The molecule has 51 heavy (non-hydrogen) atoms. The molecule has 3 aromatic rings. The number of alkyl carbamates (subject to hydrolysis) is 1. The van der Waals surface area contributed by atoms with Gasteiger partial charge in [-0.3, -0.25) is 19.5 Å². The minimum absolute atomic E-state index is 0.0414. The van der Waals surface area contributed by atoms with E-state index < -0.39 is 54.3 Å². The van der Waals surface area contributed by atoms with Gasteiger partial charge in [0.25, 0.3) is 0 Å². The summed E-state index contributed by atoms with van der Waals surface area (Å²) in [6.45, 7) is 7.47. The van der Waals surface area contributed by atoms with Crippen LogP contribution in [0.3, 0.4) is 0 Å². The van der Waals surface area contributed by atoms with Crippen LogP contribution in [-0.4, -0.2) is 88.5 Å². The van der Waals surface area contributed by atoms with E-state index in [0.717, 1.165) is 27.3 Å². The van der Waals surface area contributed by atoms with Gasteiger partial charge in [-0.2, -0.15) is 0 Å². The molecule has 0 bridgehead atoms. The molecular formula is C39H53N5O7. The van der Waals surface area contributed by atoms with Gasteiger partial charge in [0.15, 0.2) is 0 Å². The predicted octanol–water partition coefficient (Wildman–Crippen LogP) is 5.05. The summed E-state index contributed by atoms with van der Waals surface area (Å²) in [6, 6.07) is 19.5. The number of hydrogen-bond donors (Lipinski definition) is 5. The van der Waals surface area contributed by atoms with Crippen LogP contribution in [0.25, 0.3) is 11.3 Å². The van der Waals surface area contributed by atoms with Crippen LogP contribution < -0.4 is 16.0 Å². The molecule has 0 aliphatic heterocycles. The largest absolute Gasteiger partial charge is 0.465 e. The summed E-state index contributed by atoms with van der Waals surface area (Å²) in [5.74, 6) is -1.46. The molecule has 0 saturated carbocycles. The van der Waals surface area contributed by atoms with Gasteiger partial charge < -0.3 is 30.9 Å². The highest BCUT2D eigenvalue weighted by Crippen LogP contribution is 2.21. The number of carbonyl (C=O) groups is 4. The van der Waals surface area contributed by atoms with Gasteiger partial charge in [-0.1, -0.05) is 101 Å². The van der Waals surface area contributed by atoms with Gasteiger partial charge in [-0.25, -0.2) is 9.59 Å². The van der Waals surface area contributed by atoms with Crippen molar-refractivity contribution < 1.29 is 34.1 Å². The summed E-state index contributed by atoms with van der Waals surface area (Å²) in [5, 5.41) is 30.3. The predicted molar refractivity (Wildman–Crippen MR) is 196 cm³/mol. The number of ether oxygens (including phenoxy) is 1. The Morgan fingerprint density at radius 1 is 0.804 bits per heavy atom. The molecule has 0 aliphatic carbocycles. The second kappa shape index (κ2) is 20.0. The van der Waals surface area contributed by atoms with Crippen molar-refractivity contribution in [2.45, 2.75) is 90.1 Å². The fourth-order valence-corrected chi connectivity index (χ4v) is 6.04. The van der Waals surface area contributed by atoms with Crippen molar-refractivity contribution in [1.82, 2.24) is 25.8 Å². The van der Waals surface area contributed by atoms with E-state index in [1.54, 1.807) is 6.20 Å². The number of nitrogens with one attached hydrogen (secondary N) is 3. The molecule has 4 amide bonds. The molecule has 0 radical (unpaired) electrons. The number of carbonyl (C=O) groups excluding carboxylic acids is 3. The molecule has 2 unspecified atom stereocenters. The van der Waals surface area contributed by atoms with E-state index in [-0.39, 0.29) is 24.7 Å². The third-order valence-corrected chi connectivity index (χ3v) is 9.48. The molecule has 0 spiro atoms. The zero-order valence-electron chi connectivity index (χ0n) is 30.4. The lowest BCUT2D eigenvalue weighted by molar-refractivity contribution is -0.129. The Labute approximate surface area is 301 Å². The topological polar surface area (TPSA) is 170 Å². The van der Waals surface area contributed by atoms with Gasteiger partial charge in [0, 0.05) is 24.8 Å². The van der Waals surface area contributed by atoms with Crippen molar-refractivity contribution in [2.24, 2.45) is 11.8 Å². The molecule has 12 nitrogen and oxygen atoms in total. The quantitative estimate of drug-likeness (QED) is 0.123. The first kappa shape index (κ1) is 40.5. The molecule has 0 fully saturated rings. The Balaban J connectivity index is 1.95. The van der Waals surface area contributed by atoms with Gasteiger partial charge in [-0.15, -0.1) is 0 Å². The first-order valence-corrected chi connectivity index (χ1v) is 17.5. The Hall–Kier alpha value is -4.97. The van der Waals surface area contributed by atoms with Gasteiger partial charge in [0.2, 0.25) is 11.8 Å². The van der Waals surface area contributed by atoms with Crippen LogP contribution in [0.5, 0.6) is 0 Å². The number of aromatic nitrogens is 1. The zero-order valence-corrected chi connectivity index (χ0v) is 30.4. The first-order chi connectivity index (χ1) is 24.4. The third kappa shape index (κ3) is 12.1. The summed E-state index contributed by atoms with van der Waals surface area (Å²) >= 11 is 0. The molecule has 1 heterocycles. The van der Waals surface area contributed by atoms with Gasteiger partial charge in [0.05, 0.1) is 24.9 Å². The lowest BCUT2D eigenvalue weighted by Crippen LogP contribution is -2.57. The number of rotatable bonds is 18. The van der Waals surface area contributed by atoms with Crippen molar-refractivity contribution in [1.29, 1.82) is 0 Å². The van der Waals surface area contributed by atoms with Crippen molar-refractivity contribution in [3.8, 4) is 11.3 Å². The standard InChI is InChI=1S/C39H53N5O7/c1-7-25(3)34(43-38(48)51-6)36(46)41-30(22-28-17-19-29(20-18-28)31-16-12-13-21-40-31)24-33(45)32(23-27-14-10-9-11-15-27)42-37(47)35(26(4)8-2)44(5)39(49)50/h9-21,25-26,30,32-35,45H,7-8,22-24H2,1-6H3,(H,41,46)(H,42,47)(H,43,48)(H,49,50)/t25?,26?,30-,32-,33-,34-,35-/m0/s1. The molecule has 7 atom stereocenters. The van der Waals surface area contributed by atoms with E-state index in [1.165, 1.54) is 14.2 Å². The molecule has 2 aromatic carbocycles. The number of aliphatic hydroxyl groups excluding tert-OH is 1. The number of benzene rings is 2. The van der Waals surface area contributed by atoms with E-state index in [4.69, 9.17) is 4.74 Å². The zero-order chi connectivity index (χ0) is 37.5. The number of amides is 4. The number of hydrogen-bond acceptors (Lipinski definition) is 7. The average Bonchev–Trinajstić information content (AvgIpc) is 3.13. The van der Waals surface area contributed by atoms with Crippen LogP contribution in [0.2, 0.25) is 0 Å². The Kier molecular flexibility index (Phi) is 15.9. The Morgan fingerprint density at radius 3 is 2.00 bits per heavy atom. The Bertz CT molecular complexity index is 1540. The van der Waals surface area contributed by atoms with Crippen LogP contribution in [0.1, 0.15) is 58.1 Å². The third-order valence-electron chi connectivity index (χ3n) is 9.48. The highest BCUT2D eigenvalue weighted by atomic mass is 16.5. The minimum Gasteiger partial charge on any atom is -0.465 e. The van der Waals surface area contributed by atoms with E-state index in [1.807, 2.05) is 100 Å². The summed E-state index contributed by atoms with van der Waals surface area (Å²) in [4.78, 5) is 57.1. The first-order valence-electron chi connectivity index (χ1n) is 17.5. The second-order valence-corrected chi connectivity index (χ2v) is 13.2. The summed E-state index contributed by atoms with van der Waals surface area (Å²) in [6.07, 6.45) is 0.408. The molecular weight excluding hydrogens is 650 g/mol. The van der Waals surface area contributed by atoms with Crippen LogP contribution in [0.4, 0.5) is 9.59 Å². The molecule has 0 saturated heterocycles. The van der Waals surface area contributed by atoms with Gasteiger partial charge in [0.1, 0.15) is 12.1 Å². The summed E-state index contributed by atoms with van der Waals surface area (Å²) in [5.41, 5.74) is 3.49. The molecule has 0 aliphatic rings. The molecule has 276 valence electrons. The highest BCUT2D eigenvalue weighted by molar-refractivity contribution is 5.86. The maximum Gasteiger partial charge on any atom is 0.407 e. The smallest absolute Gasteiger partial charge is 0.407 e. The van der Waals surface area contributed by atoms with Crippen LogP contribution >= 0.6 is 0 Å². The van der Waals surface area contributed by atoms with Gasteiger partial charge in [-0.05, 0) is 54.4 Å². The van der Waals surface area contributed by atoms with E-state index in [9.17, 15) is 29.4 Å². The average molecular weight is 704 g/mol. The highest BCUT2D eigenvalue weighted by Gasteiger charge is 2.35. The lowest BCUT2D eigenvalue weighted by Gasteiger charge is -2.34. The van der Waals surface area contributed by atoms with Crippen LogP contribution in [0, 0.1) is 11.8 Å². The lowest BCUT2D eigenvalue weighted by atomic mass is 9.91. The Morgan fingerprint density at radius 2 is 1.43 bits per heavy atom. The monoisotopic (exact) mass is 703 g/mol. The van der Waals surface area contributed by atoms with E-state index in [2.05, 4.69) is 20.9 Å². The second-order valence-electron chi connectivity index (χ2n) is 13.2. The normalized spacial score (nSPS) is 15.2. The van der Waals surface area contributed by atoms with Crippen LogP contribution in [-0.2, 0) is 27.2 Å². The molecule has 5 N–H and O–H groups in total. The van der Waals surface area contributed by atoms with E-state index >= 15 is 0 Å². The maximum atomic E-state index is 13.8. The van der Waals surface area contributed by atoms with Crippen molar-refractivity contribution in [3.63, 3.8) is 0 Å².